The molecule has 0 saturated heterocycles. The number of nitrogens with one attached hydrogen (secondary N) is 1. The summed E-state index contributed by atoms with van der Waals surface area (Å²) in [6.45, 7) is 2.57. The van der Waals surface area contributed by atoms with Gasteiger partial charge in [0.25, 0.3) is 11.5 Å². The topological polar surface area (TPSA) is 105 Å². The van der Waals surface area contributed by atoms with Crippen molar-refractivity contribution in [3.63, 3.8) is 0 Å². The molecule has 0 bridgehead atoms. The minimum atomic E-state index is -0.740. The number of carbonyl (C=O) groups excluding carboxylic acids is 1. The zero-order valence-electron chi connectivity index (χ0n) is 17.3. The number of allylic oxidation sites excluding steroid dienone is 2. The lowest BCUT2D eigenvalue weighted by atomic mass is 9.86. The third kappa shape index (κ3) is 4.84. The Balaban J connectivity index is 1.86. The normalized spacial score (nSPS) is 17.0. The van der Waals surface area contributed by atoms with Crippen LogP contribution in [0.15, 0.2) is 58.7 Å². The number of amides is 1. The monoisotopic (exact) mass is 428 g/mol. The van der Waals surface area contributed by atoms with Gasteiger partial charge in [-0.15, -0.1) is 0 Å². The smallest absolute Gasteiger partial charge is 0.260 e. The summed E-state index contributed by atoms with van der Waals surface area (Å²) in [5, 5.41) is 0. The lowest BCUT2D eigenvalue weighted by Gasteiger charge is -2.30. The highest BCUT2D eigenvalue weighted by Crippen LogP contribution is 2.30. The van der Waals surface area contributed by atoms with E-state index in [0.717, 1.165) is 25.0 Å². The molecule has 0 saturated carbocycles. The molecule has 0 fully saturated rings. The average Bonchev–Trinajstić information content (AvgIpc) is 2.74. The van der Waals surface area contributed by atoms with Gasteiger partial charge in [-0.3, -0.25) is 9.59 Å². The van der Waals surface area contributed by atoms with E-state index in [4.69, 9.17) is 11.5 Å². The second-order valence-electron chi connectivity index (χ2n) is 7.52. The third-order valence-corrected chi connectivity index (χ3v) is 5.55. The molecule has 0 spiro atoms. The van der Waals surface area contributed by atoms with E-state index in [2.05, 4.69) is 4.98 Å². The fraction of sp³-hybridized carbons (Fsp3) is 0.304. The number of H-pyrrole nitrogens is 1. The van der Waals surface area contributed by atoms with Crippen LogP contribution in [0.5, 0.6) is 0 Å². The number of benzene rings is 1. The van der Waals surface area contributed by atoms with Gasteiger partial charge in [-0.05, 0) is 62.1 Å². The van der Waals surface area contributed by atoms with Crippen LogP contribution in [0.3, 0.4) is 0 Å². The summed E-state index contributed by atoms with van der Waals surface area (Å²) in [4.78, 5) is 28.9. The third-order valence-electron chi connectivity index (χ3n) is 5.55. The standard InChI is InChI=1S/C23H26F2N4O2/c1-2-29(23(31)16-8-5-11-28-22(16)30)13-15-7-3-6-14(21(15)27)12-19(26)20-17(24)9-4-10-18(20)25/h4-5,8-12,15H,2-3,6-7,13,26-27H2,1H3,(H,28,30)/b19-12-. The lowest BCUT2D eigenvalue weighted by Crippen LogP contribution is -2.39. The van der Waals surface area contributed by atoms with Gasteiger partial charge in [-0.25, -0.2) is 8.78 Å². The molecule has 31 heavy (non-hydrogen) atoms. The molecule has 1 aliphatic carbocycles. The van der Waals surface area contributed by atoms with E-state index < -0.39 is 17.2 Å². The van der Waals surface area contributed by atoms with Crippen LogP contribution in [-0.4, -0.2) is 28.9 Å². The Labute approximate surface area is 179 Å². The van der Waals surface area contributed by atoms with E-state index in [9.17, 15) is 18.4 Å². The predicted molar refractivity (Wildman–Crippen MR) is 116 cm³/mol. The molecule has 1 aliphatic rings. The van der Waals surface area contributed by atoms with Gasteiger partial charge in [0.05, 0.1) is 5.56 Å². The van der Waals surface area contributed by atoms with Crippen LogP contribution in [-0.2, 0) is 0 Å². The Morgan fingerprint density at radius 2 is 1.97 bits per heavy atom. The number of hydrogen-bond donors (Lipinski definition) is 3. The molecule has 0 aliphatic heterocycles. The van der Waals surface area contributed by atoms with Gasteiger partial charge in [-0.2, -0.15) is 0 Å². The summed E-state index contributed by atoms with van der Waals surface area (Å²) in [7, 11) is 0. The Bertz CT molecular complexity index is 1070. The maximum atomic E-state index is 14.0. The molecule has 3 rings (SSSR count). The maximum Gasteiger partial charge on any atom is 0.260 e. The van der Waals surface area contributed by atoms with Crippen LogP contribution in [0.4, 0.5) is 8.78 Å². The van der Waals surface area contributed by atoms with Crippen molar-refractivity contribution in [3.8, 4) is 0 Å². The van der Waals surface area contributed by atoms with E-state index in [1.165, 1.54) is 24.4 Å². The van der Waals surface area contributed by atoms with Gasteiger partial charge in [0, 0.05) is 36.6 Å². The number of nitrogens with zero attached hydrogens (tertiary/aromatic N) is 1. The van der Waals surface area contributed by atoms with Crippen molar-refractivity contribution in [1.29, 1.82) is 0 Å². The molecule has 1 atom stereocenters. The number of aromatic amines is 1. The van der Waals surface area contributed by atoms with E-state index in [-0.39, 0.29) is 28.6 Å². The van der Waals surface area contributed by atoms with E-state index in [1.807, 2.05) is 6.92 Å². The van der Waals surface area contributed by atoms with Crippen molar-refractivity contribution in [1.82, 2.24) is 9.88 Å². The van der Waals surface area contributed by atoms with Gasteiger partial charge in [0.1, 0.15) is 17.2 Å². The highest BCUT2D eigenvalue weighted by Gasteiger charge is 2.26. The molecule has 8 heteroatoms. The summed E-state index contributed by atoms with van der Waals surface area (Å²) >= 11 is 0. The van der Waals surface area contributed by atoms with Gasteiger partial charge < -0.3 is 21.4 Å². The van der Waals surface area contributed by atoms with Crippen LogP contribution in [0, 0.1) is 17.6 Å². The number of halogens is 2. The van der Waals surface area contributed by atoms with Crippen molar-refractivity contribution in [2.24, 2.45) is 17.4 Å². The van der Waals surface area contributed by atoms with Gasteiger partial charge in [-0.1, -0.05) is 6.07 Å². The van der Waals surface area contributed by atoms with E-state index in [0.29, 0.717) is 30.8 Å². The van der Waals surface area contributed by atoms with Gasteiger partial charge in [0.15, 0.2) is 0 Å². The first-order valence-corrected chi connectivity index (χ1v) is 10.2. The van der Waals surface area contributed by atoms with Gasteiger partial charge in [0.2, 0.25) is 0 Å². The zero-order chi connectivity index (χ0) is 22.5. The molecule has 1 unspecified atom stereocenters. The van der Waals surface area contributed by atoms with E-state index in [1.54, 1.807) is 11.0 Å². The highest BCUT2D eigenvalue weighted by atomic mass is 19.1. The van der Waals surface area contributed by atoms with Crippen molar-refractivity contribution in [2.75, 3.05) is 13.1 Å². The van der Waals surface area contributed by atoms with Crippen LogP contribution in [0.25, 0.3) is 5.70 Å². The SMILES string of the molecule is CCN(CC1CCCC(/C=C(\N)c2c(F)cccc2F)=C1N)C(=O)c1ccc[nH]c1=O. The molecule has 1 aromatic heterocycles. The second kappa shape index (κ2) is 9.59. The molecule has 164 valence electrons. The number of rotatable bonds is 6. The van der Waals surface area contributed by atoms with Gasteiger partial charge >= 0.3 is 0 Å². The molecular weight excluding hydrogens is 402 g/mol. The van der Waals surface area contributed by atoms with Crippen molar-refractivity contribution in [2.45, 2.75) is 26.2 Å². The molecular formula is C23H26F2N4O2. The molecule has 1 amide bonds. The van der Waals surface area contributed by atoms with Crippen LogP contribution >= 0.6 is 0 Å². The van der Waals surface area contributed by atoms with Crippen LogP contribution < -0.4 is 17.0 Å². The van der Waals surface area contributed by atoms with Crippen molar-refractivity contribution in [3.05, 3.63) is 87.0 Å². The fourth-order valence-corrected chi connectivity index (χ4v) is 3.86. The van der Waals surface area contributed by atoms with Crippen LogP contribution in [0.2, 0.25) is 0 Å². The molecule has 1 aromatic carbocycles. The molecule has 0 radical (unpaired) electrons. The number of nitrogens with two attached hydrogens (primary N) is 2. The molecule has 1 heterocycles. The van der Waals surface area contributed by atoms with Crippen molar-refractivity contribution < 1.29 is 13.6 Å². The van der Waals surface area contributed by atoms with E-state index >= 15 is 0 Å². The minimum Gasteiger partial charge on any atom is -0.402 e. The molecule has 2 aromatic rings. The Hall–Kier alpha value is -3.42. The summed E-state index contributed by atoms with van der Waals surface area (Å²) < 4.78 is 28.1. The largest absolute Gasteiger partial charge is 0.402 e. The Morgan fingerprint density at radius 3 is 2.61 bits per heavy atom. The second-order valence-corrected chi connectivity index (χ2v) is 7.52. The quantitative estimate of drug-likeness (QED) is 0.657. The number of aromatic nitrogens is 1. The fourth-order valence-electron chi connectivity index (χ4n) is 3.86. The minimum absolute atomic E-state index is 0.0338. The Morgan fingerprint density at radius 1 is 1.26 bits per heavy atom. The zero-order valence-corrected chi connectivity index (χ0v) is 17.3. The highest BCUT2D eigenvalue weighted by molar-refractivity contribution is 5.93. The molecule has 6 nitrogen and oxygen atoms in total. The summed E-state index contributed by atoms with van der Waals surface area (Å²) in [6.07, 6.45) is 5.16. The maximum absolute atomic E-state index is 14.0. The summed E-state index contributed by atoms with van der Waals surface area (Å²) in [5.41, 5.74) is 12.9. The first kappa shape index (κ1) is 22.3. The Kier molecular flexibility index (Phi) is 6.89. The number of pyridine rings is 1. The summed E-state index contributed by atoms with van der Waals surface area (Å²) in [6, 6.07) is 6.67. The number of hydrogen-bond acceptors (Lipinski definition) is 4. The first-order chi connectivity index (χ1) is 14.8. The van der Waals surface area contributed by atoms with Crippen LogP contribution in [0.1, 0.15) is 42.1 Å². The average molecular weight is 428 g/mol. The number of carbonyl (C=O) groups is 1. The molecule has 5 N–H and O–H groups in total. The predicted octanol–water partition coefficient (Wildman–Crippen LogP) is 3.13. The van der Waals surface area contributed by atoms with Crippen molar-refractivity contribution >= 4 is 11.6 Å². The first-order valence-electron chi connectivity index (χ1n) is 10.2. The lowest BCUT2D eigenvalue weighted by molar-refractivity contribution is 0.0739. The summed E-state index contributed by atoms with van der Waals surface area (Å²) in [5.74, 6) is -2.00.